The van der Waals surface area contributed by atoms with Crippen LogP contribution in [0.25, 0.3) is 12.2 Å². The van der Waals surface area contributed by atoms with Gasteiger partial charge < -0.3 is 10.2 Å². The van der Waals surface area contributed by atoms with E-state index >= 15 is 0 Å². The average molecular weight is 494 g/mol. The summed E-state index contributed by atoms with van der Waals surface area (Å²) < 4.78 is 2.45. The fourth-order valence-electron chi connectivity index (χ4n) is 3.56. The molecule has 5 nitrogen and oxygen atoms in total. The van der Waals surface area contributed by atoms with E-state index < -0.39 is 0 Å². The molecule has 0 atom stereocenters. The Kier molecular flexibility index (Phi) is 12.4. The van der Waals surface area contributed by atoms with Crippen LogP contribution < -0.4 is 14.8 Å². The van der Waals surface area contributed by atoms with Crippen molar-refractivity contribution >= 4 is 35.5 Å². The maximum absolute atomic E-state index is 12.1. The third-order valence-electron chi connectivity index (χ3n) is 6.47. The minimum absolute atomic E-state index is 0.141. The van der Waals surface area contributed by atoms with Gasteiger partial charge in [0.1, 0.15) is 6.54 Å². The number of aryl methyl sites for hydroxylation is 1. The summed E-state index contributed by atoms with van der Waals surface area (Å²) in [6.07, 6.45) is 12.6. The van der Waals surface area contributed by atoms with Crippen LogP contribution in [-0.4, -0.2) is 36.5 Å². The predicted molar refractivity (Wildman–Crippen MR) is 149 cm³/mol. The number of pyridine rings is 1. The quantitative estimate of drug-likeness (QED) is 0.255. The summed E-state index contributed by atoms with van der Waals surface area (Å²) in [5.74, 6) is 1.11. The van der Waals surface area contributed by atoms with E-state index in [2.05, 4.69) is 103 Å². The van der Waals surface area contributed by atoms with Crippen LogP contribution in [0.15, 0.2) is 48.8 Å². The molecule has 1 N–H and O–H groups in total. The molecule has 0 fully saturated rings. The van der Waals surface area contributed by atoms with Crippen molar-refractivity contribution in [2.24, 2.45) is 0 Å². The summed E-state index contributed by atoms with van der Waals surface area (Å²) in [5, 5.41) is 11.8. The molecular formula is C29H41N4OS+. The molecule has 1 aromatic heterocycles. The maximum Gasteiger partial charge on any atom is 0.220 e. The van der Waals surface area contributed by atoms with Crippen LogP contribution in [0.1, 0.15) is 64.0 Å². The third kappa shape index (κ3) is 10.6. The van der Waals surface area contributed by atoms with Crippen LogP contribution >= 0.6 is 11.8 Å². The highest BCUT2D eigenvalue weighted by atomic mass is 32.2. The van der Waals surface area contributed by atoms with E-state index in [9.17, 15) is 4.79 Å². The van der Waals surface area contributed by atoms with Gasteiger partial charge in [0.2, 0.25) is 5.91 Å². The number of thioether (sulfide) groups is 1. The number of rotatable bonds is 15. The van der Waals surface area contributed by atoms with Crippen LogP contribution in [-0.2, 0) is 11.3 Å². The van der Waals surface area contributed by atoms with Crippen molar-refractivity contribution in [3.05, 3.63) is 59.9 Å². The molecule has 0 aliphatic heterocycles. The summed E-state index contributed by atoms with van der Waals surface area (Å²) in [4.78, 5) is 14.2. The van der Waals surface area contributed by atoms with Gasteiger partial charge in [-0.05, 0) is 36.1 Å². The highest BCUT2D eigenvalue weighted by molar-refractivity contribution is 8.00. The summed E-state index contributed by atoms with van der Waals surface area (Å²) in [7, 11) is 2.00. The normalized spacial score (nSPS) is 11.4. The minimum Gasteiger partial charge on any atom is -0.374 e. The number of carbonyl (C=O) groups excluding carboxylic acids is 1. The van der Waals surface area contributed by atoms with Gasteiger partial charge in [0.15, 0.2) is 12.4 Å². The molecule has 0 saturated carbocycles. The molecular weight excluding hydrogens is 452 g/mol. The van der Waals surface area contributed by atoms with E-state index in [1.165, 1.54) is 0 Å². The van der Waals surface area contributed by atoms with Gasteiger partial charge in [-0.3, -0.25) is 4.79 Å². The zero-order chi connectivity index (χ0) is 25.5. The fraction of sp³-hybridized carbons (Fsp3) is 0.483. The molecule has 1 aromatic carbocycles. The number of benzene rings is 1. The molecule has 0 unspecified atom stereocenters. The fourth-order valence-corrected chi connectivity index (χ4v) is 4.67. The third-order valence-corrected chi connectivity index (χ3v) is 8.15. The molecule has 2 rings (SSSR count). The van der Waals surface area contributed by atoms with Crippen LogP contribution in [0.2, 0.25) is 0 Å². The average Bonchev–Trinajstić information content (AvgIpc) is 2.89. The molecule has 0 aliphatic carbocycles. The highest BCUT2D eigenvalue weighted by Crippen LogP contribution is 2.31. The van der Waals surface area contributed by atoms with E-state index in [-0.39, 0.29) is 5.91 Å². The number of anilines is 1. The standard InChI is InChI=1S/C29H40N4OS/c1-5-29(3,6-2)35-24-19-31-28(34)9-7-21-33-22-16-26(17-23-33)11-10-25-12-14-27(15-13-25)32(4)20-8-18-30/h10-17,22-23H,5-9,19-21,24H2,1-4H3/p+1. The number of aromatic nitrogens is 1. The lowest BCUT2D eigenvalue weighted by molar-refractivity contribution is -0.697. The van der Waals surface area contributed by atoms with Gasteiger partial charge in [0.25, 0.3) is 0 Å². The van der Waals surface area contributed by atoms with Crippen LogP contribution in [0, 0.1) is 11.3 Å². The van der Waals surface area contributed by atoms with Crippen molar-refractivity contribution in [3.63, 3.8) is 0 Å². The van der Waals surface area contributed by atoms with Crippen molar-refractivity contribution in [2.75, 3.05) is 30.8 Å². The smallest absolute Gasteiger partial charge is 0.220 e. The summed E-state index contributed by atoms with van der Waals surface area (Å²) in [5.41, 5.74) is 3.39. The maximum atomic E-state index is 12.1. The van der Waals surface area contributed by atoms with Gasteiger partial charge >= 0.3 is 0 Å². The van der Waals surface area contributed by atoms with Crippen LogP contribution in [0.5, 0.6) is 0 Å². The highest BCUT2D eigenvalue weighted by Gasteiger charge is 2.19. The Morgan fingerprint density at radius 2 is 1.74 bits per heavy atom. The van der Waals surface area contributed by atoms with Crippen molar-refractivity contribution in [1.29, 1.82) is 5.26 Å². The zero-order valence-electron chi connectivity index (χ0n) is 21.8. The van der Waals surface area contributed by atoms with E-state index in [1.807, 2.05) is 18.8 Å². The summed E-state index contributed by atoms with van der Waals surface area (Å²) in [6.45, 7) is 9.07. The minimum atomic E-state index is 0.141. The number of hydrogen-bond donors (Lipinski definition) is 1. The van der Waals surface area contributed by atoms with Crippen molar-refractivity contribution in [3.8, 4) is 6.07 Å². The molecule has 0 bridgehead atoms. The van der Waals surface area contributed by atoms with Crippen LogP contribution in [0.3, 0.4) is 0 Å². The predicted octanol–water partition coefficient (Wildman–Crippen LogP) is 5.70. The molecule has 0 aliphatic rings. The topological polar surface area (TPSA) is 60.0 Å². The monoisotopic (exact) mass is 493 g/mol. The first kappa shape index (κ1) is 28.5. The number of nitriles is 1. The van der Waals surface area contributed by atoms with E-state index in [0.29, 0.717) is 17.6 Å². The number of hydrogen-bond acceptors (Lipinski definition) is 4. The van der Waals surface area contributed by atoms with E-state index in [1.54, 1.807) is 0 Å². The second-order valence-electron chi connectivity index (χ2n) is 9.08. The van der Waals surface area contributed by atoms with Gasteiger partial charge in [-0.1, -0.05) is 45.1 Å². The van der Waals surface area contributed by atoms with Gasteiger partial charge in [0, 0.05) is 61.3 Å². The largest absolute Gasteiger partial charge is 0.374 e. The molecule has 0 saturated heterocycles. The molecule has 1 amide bonds. The lowest BCUT2D eigenvalue weighted by Crippen LogP contribution is -2.34. The van der Waals surface area contributed by atoms with Crippen LogP contribution in [0.4, 0.5) is 5.69 Å². The number of amides is 1. The molecule has 6 heteroatoms. The Morgan fingerprint density at radius 1 is 1.11 bits per heavy atom. The number of carbonyl (C=O) groups is 1. The van der Waals surface area contributed by atoms with Gasteiger partial charge in [-0.15, -0.1) is 0 Å². The lowest BCUT2D eigenvalue weighted by Gasteiger charge is -2.25. The second kappa shape index (κ2) is 15.3. The first-order valence-electron chi connectivity index (χ1n) is 12.6. The van der Waals surface area contributed by atoms with Crippen molar-refractivity contribution < 1.29 is 9.36 Å². The lowest BCUT2D eigenvalue weighted by atomic mass is 10.1. The van der Waals surface area contributed by atoms with Gasteiger partial charge in [-0.2, -0.15) is 17.0 Å². The Balaban J connectivity index is 1.70. The Morgan fingerprint density at radius 3 is 2.34 bits per heavy atom. The molecule has 0 spiro atoms. The SMILES string of the molecule is CCC(C)(CC)SCCNC(=O)CCC[n+]1ccc(C=Cc2ccc(N(C)CCC#N)cc2)cc1. The summed E-state index contributed by atoms with van der Waals surface area (Å²) >= 11 is 1.96. The van der Waals surface area contributed by atoms with Crippen molar-refractivity contribution in [1.82, 2.24) is 5.32 Å². The Bertz CT molecular complexity index is 960. The molecule has 2 aromatic rings. The summed E-state index contributed by atoms with van der Waals surface area (Å²) in [6, 6.07) is 14.7. The molecule has 1 heterocycles. The number of nitrogens with zero attached hydrogens (tertiary/aromatic N) is 3. The van der Waals surface area contributed by atoms with Gasteiger partial charge in [0.05, 0.1) is 12.5 Å². The Hall–Kier alpha value is -2.78. The van der Waals surface area contributed by atoms with E-state index in [0.717, 1.165) is 61.5 Å². The van der Waals surface area contributed by atoms with Crippen molar-refractivity contribution in [2.45, 2.75) is 64.2 Å². The zero-order valence-corrected chi connectivity index (χ0v) is 22.6. The molecule has 188 valence electrons. The van der Waals surface area contributed by atoms with Gasteiger partial charge in [-0.25, -0.2) is 4.57 Å². The number of nitrogens with one attached hydrogen (secondary N) is 1. The van der Waals surface area contributed by atoms with E-state index in [4.69, 9.17) is 5.26 Å². The molecule has 0 radical (unpaired) electrons. The first-order chi connectivity index (χ1) is 16.9. The Labute approximate surface area is 216 Å². The first-order valence-corrected chi connectivity index (χ1v) is 13.6. The second-order valence-corrected chi connectivity index (χ2v) is 10.8. The molecule has 35 heavy (non-hydrogen) atoms.